The molecule has 0 aliphatic rings. The summed E-state index contributed by atoms with van der Waals surface area (Å²) in [5.74, 6) is -0.656. The van der Waals surface area contributed by atoms with Gasteiger partial charge in [-0.1, -0.05) is 35.9 Å². The average molecular weight is 332 g/mol. The Kier molecular flexibility index (Phi) is 4.29. The van der Waals surface area contributed by atoms with Gasteiger partial charge in [0.1, 0.15) is 12.4 Å². The van der Waals surface area contributed by atoms with Crippen LogP contribution < -0.4 is 5.32 Å². The van der Waals surface area contributed by atoms with Gasteiger partial charge >= 0.3 is 0 Å². The lowest BCUT2D eigenvalue weighted by Crippen LogP contribution is -2.21. The highest BCUT2D eigenvalue weighted by molar-refractivity contribution is 6.33. The van der Waals surface area contributed by atoms with Crippen LogP contribution in [0.4, 0.5) is 10.1 Å². The predicted octanol–water partition coefficient (Wildman–Crippen LogP) is 2.77. The van der Waals surface area contributed by atoms with Crippen molar-refractivity contribution >= 4 is 23.2 Å². The minimum Gasteiger partial charge on any atom is -0.322 e. The highest BCUT2D eigenvalue weighted by atomic mass is 35.5. The Bertz CT molecular complexity index is 851. The zero-order chi connectivity index (χ0) is 16.2. The maximum absolute atomic E-state index is 13.5. The molecular formula is C15H11ClFN5O. The van der Waals surface area contributed by atoms with Crippen LogP contribution in [0, 0.1) is 5.82 Å². The van der Waals surface area contributed by atoms with Crippen molar-refractivity contribution in [2.45, 2.75) is 6.54 Å². The van der Waals surface area contributed by atoms with E-state index in [1.54, 1.807) is 36.4 Å². The summed E-state index contributed by atoms with van der Waals surface area (Å²) in [6, 6.07) is 13.0. The predicted molar refractivity (Wildman–Crippen MR) is 83.3 cm³/mol. The molecule has 2 aromatic carbocycles. The lowest BCUT2D eigenvalue weighted by atomic mass is 10.2. The van der Waals surface area contributed by atoms with E-state index in [1.165, 1.54) is 12.1 Å². The van der Waals surface area contributed by atoms with Crippen LogP contribution in [0.2, 0.25) is 5.02 Å². The molecule has 0 saturated carbocycles. The van der Waals surface area contributed by atoms with Gasteiger partial charge in [0.2, 0.25) is 11.7 Å². The van der Waals surface area contributed by atoms with Crippen LogP contribution in [0.15, 0.2) is 48.5 Å². The fraction of sp³-hybridized carbons (Fsp3) is 0.0667. The van der Waals surface area contributed by atoms with Crippen LogP contribution in [0.3, 0.4) is 0 Å². The molecule has 1 aromatic heterocycles. The Hall–Kier alpha value is -2.80. The quantitative estimate of drug-likeness (QED) is 0.798. The number of hydrogen-bond acceptors (Lipinski definition) is 4. The number of carbonyl (C=O) groups is 1. The van der Waals surface area contributed by atoms with Gasteiger partial charge in [0.05, 0.1) is 10.7 Å². The van der Waals surface area contributed by atoms with Crippen LogP contribution in [-0.2, 0) is 11.3 Å². The van der Waals surface area contributed by atoms with Crippen LogP contribution in [0.25, 0.3) is 11.4 Å². The zero-order valence-electron chi connectivity index (χ0n) is 11.8. The van der Waals surface area contributed by atoms with Gasteiger partial charge in [-0.15, -0.1) is 10.2 Å². The van der Waals surface area contributed by atoms with Crippen molar-refractivity contribution in [3.8, 4) is 11.4 Å². The number of tetrazole rings is 1. The fourth-order valence-electron chi connectivity index (χ4n) is 1.94. The van der Waals surface area contributed by atoms with E-state index < -0.39 is 11.7 Å². The standard InChI is InChI=1S/C15H11ClFN5O/c16-11-6-2-1-5-10(11)15-19-21-22(20-15)9-14(23)18-13-8-4-3-7-12(13)17/h1-8H,9H2,(H,18,23). The van der Waals surface area contributed by atoms with E-state index in [4.69, 9.17) is 11.6 Å². The topological polar surface area (TPSA) is 72.7 Å². The Morgan fingerprint density at radius 1 is 1.17 bits per heavy atom. The Morgan fingerprint density at radius 3 is 2.70 bits per heavy atom. The van der Waals surface area contributed by atoms with Crippen LogP contribution in [-0.4, -0.2) is 26.1 Å². The first-order valence-electron chi connectivity index (χ1n) is 6.70. The van der Waals surface area contributed by atoms with E-state index in [0.717, 1.165) is 4.80 Å². The molecule has 0 fully saturated rings. The maximum atomic E-state index is 13.5. The molecule has 0 radical (unpaired) electrons. The first kappa shape index (κ1) is 15.1. The van der Waals surface area contributed by atoms with E-state index in [0.29, 0.717) is 16.4 Å². The summed E-state index contributed by atoms with van der Waals surface area (Å²) in [4.78, 5) is 13.0. The summed E-state index contributed by atoms with van der Waals surface area (Å²) in [5.41, 5.74) is 0.721. The molecule has 23 heavy (non-hydrogen) atoms. The molecule has 8 heteroatoms. The molecule has 0 saturated heterocycles. The lowest BCUT2D eigenvalue weighted by molar-refractivity contribution is -0.117. The molecule has 0 atom stereocenters. The van der Waals surface area contributed by atoms with Gasteiger partial charge in [-0.05, 0) is 29.5 Å². The molecule has 3 aromatic rings. The van der Waals surface area contributed by atoms with Gasteiger partial charge in [0.25, 0.3) is 0 Å². The number of nitrogens with one attached hydrogen (secondary N) is 1. The molecule has 116 valence electrons. The number of rotatable bonds is 4. The zero-order valence-corrected chi connectivity index (χ0v) is 12.5. The lowest BCUT2D eigenvalue weighted by Gasteiger charge is -2.05. The van der Waals surface area contributed by atoms with Crippen molar-refractivity contribution in [1.82, 2.24) is 20.2 Å². The third kappa shape index (κ3) is 3.51. The molecular weight excluding hydrogens is 321 g/mol. The molecule has 1 amide bonds. The van der Waals surface area contributed by atoms with Crippen molar-refractivity contribution in [3.63, 3.8) is 0 Å². The maximum Gasteiger partial charge on any atom is 0.248 e. The van der Waals surface area contributed by atoms with Crippen LogP contribution >= 0.6 is 11.6 Å². The number of nitrogens with zero attached hydrogens (tertiary/aromatic N) is 4. The first-order chi connectivity index (χ1) is 11.1. The minimum absolute atomic E-state index is 0.101. The number of anilines is 1. The van der Waals surface area contributed by atoms with E-state index >= 15 is 0 Å². The van der Waals surface area contributed by atoms with Gasteiger partial charge in [-0.2, -0.15) is 4.80 Å². The average Bonchev–Trinajstić information content (AvgIpc) is 2.98. The Morgan fingerprint density at radius 2 is 1.91 bits per heavy atom. The Labute approximate surface area is 135 Å². The molecule has 0 spiro atoms. The molecule has 6 nitrogen and oxygen atoms in total. The summed E-state index contributed by atoms with van der Waals surface area (Å²) in [6.07, 6.45) is 0. The molecule has 0 bridgehead atoms. The van der Waals surface area contributed by atoms with Crippen molar-refractivity contribution in [3.05, 3.63) is 59.4 Å². The third-order valence-electron chi connectivity index (χ3n) is 3.00. The highest BCUT2D eigenvalue weighted by Crippen LogP contribution is 2.23. The second-order valence-corrected chi connectivity index (χ2v) is 5.06. The van der Waals surface area contributed by atoms with Crippen molar-refractivity contribution in [2.75, 3.05) is 5.32 Å². The van der Waals surface area contributed by atoms with E-state index in [1.807, 2.05) is 0 Å². The van der Waals surface area contributed by atoms with Crippen molar-refractivity contribution < 1.29 is 9.18 Å². The van der Waals surface area contributed by atoms with Gasteiger partial charge in [0.15, 0.2) is 0 Å². The first-order valence-corrected chi connectivity index (χ1v) is 7.08. The number of hydrogen-bond donors (Lipinski definition) is 1. The summed E-state index contributed by atoms with van der Waals surface area (Å²) >= 11 is 6.06. The van der Waals surface area contributed by atoms with Gasteiger partial charge in [0, 0.05) is 5.56 Å². The van der Waals surface area contributed by atoms with E-state index in [2.05, 4.69) is 20.7 Å². The number of carbonyl (C=O) groups excluding carboxylic acids is 1. The summed E-state index contributed by atoms with van der Waals surface area (Å²) in [6.45, 7) is -0.189. The molecule has 1 heterocycles. The normalized spacial score (nSPS) is 10.5. The second-order valence-electron chi connectivity index (χ2n) is 4.65. The largest absolute Gasteiger partial charge is 0.322 e. The summed E-state index contributed by atoms with van der Waals surface area (Å²) in [5, 5.41) is 14.7. The summed E-state index contributed by atoms with van der Waals surface area (Å²) < 4.78 is 13.5. The fourth-order valence-corrected chi connectivity index (χ4v) is 2.16. The number of halogens is 2. The van der Waals surface area contributed by atoms with Gasteiger partial charge in [-0.25, -0.2) is 4.39 Å². The van der Waals surface area contributed by atoms with Crippen molar-refractivity contribution in [2.24, 2.45) is 0 Å². The molecule has 1 N–H and O–H groups in total. The molecule has 0 unspecified atom stereocenters. The molecule has 3 rings (SSSR count). The second kappa shape index (κ2) is 6.53. The molecule has 0 aliphatic heterocycles. The van der Waals surface area contributed by atoms with Crippen LogP contribution in [0.1, 0.15) is 0 Å². The van der Waals surface area contributed by atoms with Crippen molar-refractivity contribution in [1.29, 1.82) is 0 Å². The number of benzene rings is 2. The van der Waals surface area contributed by atoms with E-state index in [-0.39, 0.29) is 12.2 Å². The molecule has 0 aliphatic carbocycles. The van der Waals surface area contributed by atoms with Gasteiger partial charge in [-0.3, -0.25) is 4.79 Å². The number of aromatic nitrogens is 4. The third-order valence-corrected chi connectivity index (χ3v) is 3.33. The SMILES string of the molecule is O=C(Cn1nnc(-c2ccccc2Cl)n1)Nc1ccccc1F. The monoisotopic (exact) mass is 331 g/mol. The van der Waals surface area contributed by atoms with Gasteiger partial charge < -0.3 is 5.32 Å². The smallest absolute Gasteiger partial charge is 0.248 e. The van der Waals surface area contributed by atoms with E-state index in [9.17, 15) is 9.18 Å². The summed E-state index contributed by atoms with van der Waals surface area (Å²) in [7, 11) is 0. The number of amides is 1. The minimum atomic E-state index is -0.510. The highest BCUT2D eigenvalue weighted by Gasteiger charge is 2.12. The number of para-hydroxylation sites is 1. The van der Waals surface area contributed by atoms with Crippen LogP contribution in [0.5, 0.6) is 0 Å². The Balaban J connectivity index is 1.71.